The molecule has 41 heavy (non-hydrogen) atoms. The smallest absolute Gasteiger partial charge is 0.251 e. The van der Waals surface area contributed by atoms with Crippen molar-refractivity contribution in [1.82, 2.24) is 30.7 Å². The molecule has 2 bridgehead atoms. The molecule has 3 N–H and O–H groups in total. The van der Waals surface area contributed by atoms with Crippen molar-refractivity contribution in [1.29, 1.82) is 0 Å². The third-order valence-corrected chi connectivity index (χ3v) is 7.18. The Balaban J connectivity index is 1.62. The van der Waals surface area contributed by atoms with Crippen LogP contribution in [0.4, 0.5) is 0 Å². The van der Waals surface area contributed by atoms with Crippen molar-refractivity contribution in [3.05, 3.63) is 66.0 Å². The quantitative estimate of drug-likeness (QED) is 0.465. The van der Waals surface area contributed by atoms with Crippen LogP contribution in [0.25, 0.3) is 0 Å². The molecule has 11 heteroatoms. The number of nitrogens with zero attached hydrogens (tertiary/aromatic N) is 3. The summed E-state index contributed by atoms with van der Waals surface area (Å²) in [5.74, 6) is -1.45. The fraction of sp³-hybridized carbons (Fsp3) is 0.500. The second-order valence-corrected chi connectivity index (χ2v) is 11.2. The van der Waals surface area contributed by atoms with Gasteiger partial charge in [0.25, 0.3) is 5.91 Å². The minimum absolute atomic E-state index is 0.148. The first-order chi connectivity index (χ1) is 19.7. The number of rotatable bonds is 6. The minimum atomic E-state index is -0.908. The van der Waals surface area contributed by atoms with Crippen molar-refractivity contribution in [2.75, 3.05) is 33.2 Å². The number of nitrogens with one attached hydrogen (secondary N) is 3. The Hall–Kier alpha value is -3.83. The van der Waals surface area contributed by atoms with E-state index < -0.39 is 42.0 Å². The molecule has 2 fully saturated rings. The van der Waals surface area contributed by atoms with Crippen LogP contribution in [-0.2, 0) is 36.9 Å². The molecule has 4 atom stereocenters. The first-order valence-corrected chi connectivity index (χ1v) is 14.1. The molecule has 4 amide bonds. The monoisotopic (exact) mass is 564 g/mol. The summed E-state index contributed by atoms with van der Waals surface area (Å²) in [6.07, 6.45) is 2.83. The zero-order valence-electron chi connectivity index (χ0n) is 23.9. The van der Waals surface area contributed by atoms with Crippen molar-refractivity contribution in [2.45, 2.75) is 57.5 Å². The van der Waals surface area contributed by atoms with E-state index in [1.807, 2.05) is 56.3 Å². The zero-order chi connectivity index (χ0) is 29.4. The molecule has 1 aromatic heterocycles. The maximum atomic E-state index is 13.6. The summed E-state index contributed by atoms with van der Waals surface area (Å²) in [5.41, 5.74) is 1.86. The van der Waals surface area contributed by atoms with Crippen molar-refractivity contribution in [3.63, 3.8) is 0 Å². The molecule has 0 radical (unpaired) electrons. The molecular formula is C30H40N6O5. The van der Waals surface area contributed by atoms with Crippen molar-refractivity contribution in [2.24, 2.45) is 5.92 Å². The second kappa shape index (κ2) is 14.2. The number of ether oxygens (including phenoxy) is 1. The number of aromatic nitrogens is 1. The highest BCUT2D eigenvalue weighted by molar-refractivity contribution is 5.93. The van der Waals surface area contributed by atoms with Crippen LogP contribution >= 0.6 is 0 Å². The van der Waals surface area contributed by atoms with Gasteiger partial charge in [0.1, 0.15) is 18.2 Å². The summed E-state index contributed by atoms with van der Waals surface area (Å²) in [6, 6.07) is 11.6. The number of amides is 4. The van der Waals surface area contributed by atoms with Crippen molar-refractivity contribution < 1.29 is 23.9 Å². The van der Waals surface area contributed by atoms with Gasteiger partial charge in [-0.1, -0.05) is 50.2 Å². The highest BCUT2D eigenvalue weighted by Gasteiger charge is 2.36. The Morgan fingerprint density at radius 2 is 1.71 bits per heavy atom. The van der Waals surface area contributed by atoms with E-state index in [0.717, 1.165) is 11.1 Å². The third kappa shape index (κ3) is 8.83. The SMILES string of the molecule is CC(C)C[C@@H]1NC(=O)CN(C)C(=O)[C@@H](Cc2ccccc2)NC(=O)[C@H]2CN(Cc3cccnc3)C[C@@H](CNC1=O)O2. The summed E-state index contributed by atoms with van der Waals surface area (Å²) in [6.45, 7) is 5.21. The Bertz CT molecular complexity index is 1190. The van der Waals surface area contributed by atoms with E-state index in [2.05, 4.69) is 25.8 Å². The Morgan fingerprint density at radius 3 is 2.41 bits per heavy atom. The van der Waals surface area contributed by atoms with E-state index in [4.69, 9.17) is 4.74 Å². The van der Waals surface area contributed by atoms with Gasteiger partial charge in [-0.25, -0.2) is 0 Å². The number of fused-ring (bicyclic) bond motifs is 2. The third-order valence-electron chi connectivity index (χ3n) is 7.18. The number of carbonyl (C=O) groups is 4. The molecule has 11 nitrogen and oxygen atoms in total. The van der Waals surface area contributed by atoms with Gasteiger partial charge in [0.05, 0.1) is 12.6 Å². The number of carbonyl (C=O) groups excluding carboxylic acids is 4. The van der Waals surface area contributed by atoms with E-state index in [1.54, 1.807) is 12.4 Å². The molecule has 220 valence electrons. The number of hydrogen-bond acceptors (Lipinski definition) is 7. The minimum Gasteiger partial charge on any atom is -0.361 e. The average Bonchev–Trinajstić information content (AvgIpc) is 2.95. The van der Waals surface area contributed by atoms with E-state index >= 15 is 0 Å². The van der Waals surface area contributed by atoms with Crippen molar-refractivity contribution >= 4 is 23.6 Å². The summed E-state index contributed by atoms with van der Waals surface area (Å²) in [5, 5.41) is 8.61. The molecule has 0 saturated carbocycles. The second-order valence-electron chi connectivity index (χ2n) is 11.2. The topological polar surface area (TPSA) is 133 Å². The van der Waals surface area contributed by atoms with Gasteiger partial charge in [-0.3, -0.25) is 29.1 Å². The number of pyridine rings is 1. The summed E-state index contributed by atoms with van der Waals surface area (Å²) in [4.78, 5) is 60.8. The van der Waals surface area contributed by atoms with Crippen molar-refractivity contribution in [3.8, 4) is 0 Å². The Labute approximate surface area is 241 Å². The molecule has 4 rings (SSSR count). The lowest BCUT2D eigenvalue weighted by Crippen LogP contribution is -2.58. The number of likely N-dealkylation sites (N-methyl/N-ethyl adjacent to an activating group) is 1. The first-order valence-electron chi connectivity index (χ1n) is 14.1. The van der Waals surface area contributed by atoms with E-state index in [-0.39, 0.29) is 31.3 Å². The predicted molar refractivity (Wildman–Crippen MR) is 152 cm³/mol. The number of benzene rings is 1. The highest BCUT2D eigenvalue weighted by Crippen LogP contribution is 2.16. The predicted octanol–water partition coefficient (Wildman–Crippen LogP) is 0.498. The normalized spacial score (nSPS) is 25.1. The van der Waals surface area contributed by atoms with Crippen LogP contribution < -0.4 is 16.0 Å². The van der Waals surface area contributed by atoms with Gasteiger partial charge >= 0.3 is 0 Å². The molecule has 0 aliphatic carbocycles. The van der Waals surface area contributed by atoms with Gasteiger partial charge in [-0.05, 0) is 29.5 Å². The zero-order valence-corrected chi connectivity index (χ0v) is 23.9. The molecule has 2 aliphatic heterocycles. The molecule has 3 heterocycles. The standard InChI is InChI=1S/C30H40N6O5/c1-20(2)12-24-28(38)32-15-23-17-36(16-22-10-7-11-31-14-22)18-26(41-23)29(39)34-25(13-21-8-5-4-6-9-21)30(40)35(3)19-27(37)33-24/h4-11,14,20,23-26H,12-13,15-19H2,1-3H3,(H,32,38)(H,33,37)(H,34,39)/t23-,24+,25-,26-/m1/s1. The van der Waals surface area contributed by atoms with Gasteiger partial charge in [-0.2, -0.15) is 0 Å². The largest absolute Gasteiger partial charge is 0.361 e. The van der Waals surface area contributed by atoms with Gasteiger partial charge in [-0.15, -0.1) is 0 Å². The van der Waals surface area contributed by atoms with E-state index in [0.29, 0.717) is 26.1 Å². The average molecular weight is 565 g/mol. The van der Waals surface area contributed by atoms with Crippen LogP contribution in [-0.4, -0.2) is 95.9 Å². The Kier molecular flexibility index (Phi) is 10.4. The Morgan fingerprint density at radius 1 is 0.951 bits per heavy atom. The van der Waals surface area contributed by atoms with Gasteiger partial charge < -0.3 is 25.6 Å². The van der Waals surface area contributed by atoms with E-state index in [1.165, 1.54) is 11.9 Å². The van der Waals surface area contributed by atoms with Crippen LogP contribution in [0.5, 0.6) is 0 Å². The van der Waals surface area contributed by atoms with E-state index in [9.17, 15) is 19.2 Å². The number of morpholine rings is 1. The van der Waals surface area contributed by atoms with Crippen LogP contribution in [0.15, 0.2) is 54.9 Å². The summed E-state index contributed by atoms with van der Waals surface area (Å²) < 4.78 is 6.19. The highest BCUT2D eigenvalue weighted by atomic mass is 16.5. The molecule has 0 unspecified atom stereocenters. The van der Waals surface area contributed by atoms with Gasteiger partial charge in [0.2, 0.25) is 17.7 Å². The summed E-state index contributed by atoms with van der Waals surface area (Å²) >= 11 is 0. The fourth-order valence-electron chi connectivity index (χ4n) is 5.21. The molecule has 2 aromatic rings. The van der Waals surface area contributed by atoms with Crippen LogP contribution in [0, 0.1) is 5.92 Å². The maximum absolute atomic E-state index is 13.6. The fourth-order valence-corrected chi connectivity index (χ4v) is 5.21. The maximum Gasteiger partial charge on any atom is 0.251 e. The molecule has 2 aliphatic rings. The lowest BCUT2D eigenvalue weighted by Gasteiger charge is -2.38. The molecule has 2 saturated heterocycles. The van der Waals surface area contributed by atoms with Crippen LogP contribution in [0.2, 0.25) is 0 Å². The molecular weight excluding hydrogens is 524 g/mol. The van der Waals surface area contributed by atoms with Gasteiger partial charge in [0, 0.05) is 52.0 Å². The molecule has 1 aromatic carbocycles. The van der Waals surface area contributed by atoms with Crippen LogP contribution in [0.1, 0.15) is 31.4 Å². The number of hydrogen-bond donors (Lipinski definition) is 3. The molecule has 0 spiro atoms. The van der Waals surface area contributed by atoms with Crippen LogP contribution in [0.3, 0.4) is 0 Å². The first kappa shape index (κ1) is 30.1. The van der Waals surface area contributed by atoms with Gasteiger partial charge in [0.15, 0.2) is 0 Å². The lowest BCUT2D eigenvalue weighted by molar-refractivity contribution is -0.150. The summed E-state index contributed by atoms with van der Waals surface area (Å²) in [7, 11) is 1.52. The lowest BCUT2D eigenvalue weighted by atomic mass is 10.0.